The van der Waals surface area contributed by atoms with E-state index < -0.39 is 65.7 Å². The van der Waals surface area contributed by atoms with Gasteiger partial charge in [0.15, 0.2) is 5.72 Å². The molecule has 0 aliphatic carbocycles. The van der Waals surface area contributed by atoms with Gasteiger partial charge in [-0.05, 0) is 86.4 Å². The number of allylic oxidation sites excluding steroid dienone is 3. The number of aliphatic hydroxyl groups is 1. The predicted octanol–water partition coefficient (Wildman–Crippen LogP) is 6.16. The number of amides is 3. The molecule has 0 saturated carbocycles. The van der Waals surface area contributed by atoms with E-state index >= 15 is 0 Å². The van der Waals surface area contributed by atoms with Gasteiger partial charge in [-0.2, -0.15) is 0 Å². The number of anilines is 1. The zero-order valence-electron chi connectivity index (χ0n) is 32.6. The number of epoxide rings is 1. The first-order valence-corrected chi connectivity index (χ1v) is 21.6. The minimum absolute atomic E-state index is 0.0472. The topological polar surface area (TPSA) is 156 Å². The molecule has 4 bridgehead atoms. The lowest BCUT2D eigenvalue weighted by molar-refractivity contribution is -0.162. The molecular weight excluding hydrogens is 853 g/mol. The Kier molecular flexibility index (Phi) is 14.5. The Balaban J connectivity index is 1.73. The molecule has 1 aromatic carbocycles. The van der Waals surface area contributed by atoms with Crippen molar-refractivity contribution in [2.45, 2.75) is 120 Å². The van der Waals surface area contributed by atoms with E-state index in [0.29, 0.717) is 24.3 Å². The van der Waals surface area contributed by atoms with Crippen LogP contribution in [-0.2, 0) is 39.8 Å². The first-order chi connectivity index (χ1) is 25.2. The molecule has 0 aromatic heterocycles. The maximum atomic E-state index is 14.2. The van der Waals surface area contributed by atoms with E-state index in [1.807, 2.05) is 26.8 Å². The number of nitrogens with one attached hydrogen (secondary N) is 1. The summed E-state index contributed by atoms with van der Waals surface area (Å²) >= 11 is 8.99. The SMILES string of the molecule is COc1cc2cc(c1Cl)N(C)C(=O)CC(OC(=O)C(C)N(C)C(=O)CCC(C)(C)SI)C1(C)OC1C(C)C1CC(O)(NC(=O)O1)C(OC)/C=C/C=C(\C)C2. The molecule has 4 rings (SSSR count). The molecule has 3 amide bonds. The van der Waals surface area contributed by atoms with Gasteiger partial charge in [0, 0.05) is 44.7 Å². The second-order valence-electron chi connectivity index (χ2n) is 15.2. The highest BCUT2D eigenvalue weighted by atomic mass is 127. The number of rotatable bonds is 9. The lowest BCUT2D eigenvalue weighted by atomic mass is 9.83. The van der Waals surface area contributed by atoms with Crippen LogP contribution in [0.4, 0.5) is 10.5 Å². The molecule has 8 atom stereocenters. The van der Waals surface area contributed by atoms with Gasteiger partial charge in [0.1, 0.15) is 40.7 Å². The zero-order chi connectivity index (χ0) is 40.3. The van der Waals surface area contributed by atoms with Gasteiger partial charge in [-0.1, -0.05) is 51.3 Å². The summed E-state index contributed by atoms with van der Waals surface area (Å²) < 4.78 is 29.2. The van der Waals surface area contributed by atoms with Gasteiger partial charge in [0.2, 0.25) is 11.8 Å². The van der Waals surface area contributed by atoms with E-state index in [0.717, 1.165) is 11.1 Å². The average molecular weight is 906 g/mol. The van der Waals surface area contributed by atoms with E-state index in [4.69, 9.17) is 35.3 Å². The highest BCUT2D eigenvalue weighted by Gasteiger charge is 2.64. The van der Waals surface area contributed by atoms with Gasteiger partial charge in [-0.3, -0.25) is 14.9 Å². The fourth-order valence-corrected chi connectivity index (χ4v) is 7.99. The van der Waals surface area contributed by atoms with Crippen LogP contribution in [0.25, 0.3) is 0 Å². The smallest absolute Gasteiger partial charge is 0.409 e. The van der Waals surface area contributed by atoms with Crippen molar-refractivity contribution in [2.75, 3.05) is 33.2 Å². The summed E-state index contributed by atoms with van der Waals surface area (Å²) in [4.78, 5) is 56.8. The van der Waals surface area contributed by atoms with Crippen molar-refractivity contribution in [1.29, 1.82) is 0 Å². The van der Waals surface area contributed by atoms with Crippen LogP contribution in [-0.4, -0.2) is 109 Å². The van der Waals surface area contributed by atoms with E-state index in [9.17, 15) is 24.3 Å². The molecular formula is C38H53ClIN3O10S. The Hall–Kier alpha value is -2.57. The van der Waals surface area contributed by atoms with Crippen molar-refractivity contribution in [3.05, 3.63) is 46.5 Å². The van der Waals surface area contributed by atoms with Crippen molar-refractivity contribution in [3.8, 4) is 5.75 Å². The number of halogens is 2. The molecule has 3 aliphatic rings. The molecule has 13 nitrogen and oxygen atoms in total. The summed E-state index contributed by atoms with van der Waals surface area (Å²) in [6.45, 7) is 11.1. The van der Waals surface area contributed by atoms with Gasteiger partial charge < -0.3 is 38.6 Å². The number of methoxy groups -OCH3 is 2. The lowest BCUT2D eigenvalue weighted by Crippen LogP contribution is -2.63. The first-order valence-electron chi connectivity index (χ1n) is 17.8. The molecule has 3 heterocycles. The Labute approximate surface area is 339 Å². The van der Waals surface area contributed by atoms with E-state index in [1.165, 1.54) is 24.0 Å². The molecule has 2 saturated heterocycles. The van der Waals surface area contributed by atoms with Gasteiger partial charge in [0.25, 0.3) is 0 Å². The average Bonchev–Trinajstić information content (AvgIpc) is 3.82. The normalized spacial score (nSPS) is 31.2. The van der Waals surface area contributed by atoms with Crippen LogP contribution in [0.1, 0.15) is 72.8 Å². The number of hydrogen-bond acceptors (Lipinski definition) is 11. The summed E-state index contributed by atoms with van der Waals surface area (Å²) in [6, 6.07) is 2.63. The molecule has 3 aliphatic heterocycles. The van der Waals surface area contributed by atoms with Crippen LogP contribution in [0.15, 0.2) is 35.9 Å². The number of ether oxygens (including phenoxy) is 5. The molecule has 2 N–H and O–H groups in total. The summed E-state index contributed by atoms with van der Waals surface area (Å²) in [6.07, 6.45) is 1.84. The van der Waals surface area contributed by atoms with Gasteiger partial charge in [-0.25, -0.2) is 9.59 Å². The Morgan fingerprint density at radius 2 is 1.96 bits per heavy atom. The highest BCUT2D eigenvalue weighted by molar-refractivity contribution is 14.2. The van der Waals surface area contributed by atoms with Crippen molar-refractivity contribution in [2.24, 2.45) is 5.92 Å². The molecule has 0 spiro atoms. The number of esters is 1. The Bertz CT molecular complexity index is 1660. The third kappa shape index (κ3) is 10.0. The molecule has 2 fully saturated rings. The maximum absolute atomic E-state index is 14.2. The van der Waals surface area contributed by atoms with Crippen LogP contribution in [0.5, 0.6) is 5.75 Å². The van der Waals surface area contributed by atoms with Gasteiger partial charge >= 0.3 is 12.1 Å². The second kappa shape index (κ2) is 17.7. The largest absolute Gasteiger partial charge is 0.495 e. The number of benzene rings is 1. The number of alkyl carbamates (subject to hydrolysis) is 1. The number of nitrogens with zero attached hydrogens (tertiary/aromatic N) is 2. The van der Waals surface area contributed by atoms with Crippen LogP contribution >= 0.6 is 41.7 Å². The van der Waals surface area contributed by atoms with Crippen LogP contribution in [0.2, 0.25) is 5.02 Å². The lowest BCUT2D eigenvalue weighted by Gasteiger charge is -2.42. The number of fused-ring (bicyclic) bond motifs is 5. The predicted molar refractivity (Wildman–Crippen MR) is 216 cm³/mol. The monoisotopic (exact) mass is 905 g/mol. The van der Waals surface area contributed by atoms with Gasteiger partial charge in [-0.15, -0.1) is 0 Å². The summed E-state index contributed by atoms with van der Waals surface area (Å²) in [7, 11) is 7.70. The quantitative estimate of drug-likeness (QED) is 0.166. The molecule has 16 heteroatoms. The summed E-state index contributed by atoms with van der Waals surface area (Å²) in [5.41, 5.74) is -0.897. The Morgan fingerprint density at radius 1 is 1.28 bits per heavy atom. The molecule has 8 unspecified atom stereocenters. The van der Waals surface area contributed by atoms with Crippen molar-refractivity contribution in [1.82, 2.24) is 10.2 Å². The number of carbonyl (C=O) groups is 4. The van der Waals surface area contributed by atoms with Crippen molar-refractivity contribution in [3.63, 3.8) is 0 Å². The number of carbonyl (C=O) groups excluding carboxylic acids is 4. The standard InChI is InChI=1S/C38H53ClIN3O10S/c1-21-12-11-13-28(50-10)38(48)20-27(51-35(47)41-38)22(2)33-37(6,53-33)29(52-34(46)23(3)42(7)30(44)14-15-36(4,5)54-40)19-31(45)43(8)25-17-24(16-21)18-26(49-9)32(25)39/h11-13,17-18,22-23,27-29,33,48H,14-16,19-20H2,1-10H3,(H,41,47)/b13-11+,21-12+. The zero-order valence-corrected chi connectivity index (χ0v) is 36.3. The fraction of sp³-hybridized carbons (Fsp3) is 0.632. The minimum atomic E-state index is -1.82. The van der Waals surface area contributed by atoms with E-state index in [2.05, 4.69) is 26.5 Å². The molecule has 0 radical (unpaired) electrons. The third-order valence-corrected chi connectivity index (χ3v) is 15.3. The second-order valence-corrected chi connectivity index (χ2v) is 18.2. The van der Waals surface area contributed by atoms with Crippen LogP contribution in [0.3, 0.4) is 0 Å². The fourth-order valence-electron chi connectivity index (χ4n) is 6.84. The highest BCUT2D eigenvalue weighted by Crippen LogP contribution is 2.49. The van der Waals surface area contributed by atoms with Crippen molar-refractivity contribution < 1.29 is 48.0 Å². The Morgan fingerprint density at radius 3 is 2.59 bits per heavy atom. The van der Waals surface area contributed by atoms with E-state index in [1.54, 1.807) is 68.1 Å². The number of hydrogen-bond donors (Lipinski definition) is 2. The maximum Gasteiger partial charge on any atom is 0.409 e. The van der Waals surface area contributed by atoms with Crippen LogP contribution < -0.4 is 15.0 Å². The van der Waals surface area contributed by atoms with E-state index in [-0.39, 0.29) is 34.9 Å². The summed E-state index contributed by atoms with van der Waals surface area (Å²) in [5, 5.41) is 14.5. The van der Waals surface area contributed by atoms with Gasteiger partial charge in [0.05, 0.1) is 25.3 Å². The molecule has 1 aromatic rings. The first kappa shape index (κ1) is 44.1. The van der Waals surface area contributed by atoms with Crippen molar-refractivity contribution >= 4 is 71.3 Å². The molecule has 54 heavy (non-hydrogen) atoms. The van der Waals surface area contributed by atoms with Crippen LogP contribution in [0, 0.1) is 5.92 Å². The third-order valence-electron chi connectivity index (χ3n) is 10.7. The number of likely N-dealkylation sites (N-methyl/N-ethyl adjacent to an activating group) is 1. The molecule has 300 valence electrons. The summed E-state index contributed by atoms with van der Waals surface area (Å²) in [5.74, 6) is -1.50. The minimum Gasteiger partial charge on any atom is -0.495 e.